The summed E-state index contributed by atoms with van der Waals surface area (Å²) >= 11 is 0. The molecule has 1 saturated heterocycles. The second kappa shape index (κ2) is 4.91. The van der Waals surface area contributed by atoms with Crippen LogP contribution in [0.3, 0.4) is 0 Å². The average molecular weight is 229 g/mol. The lowest BCUT2D eigenvalue weighted by Gasteiger charge is -2.21. The van der Waals surface area contributed by atoms with Crippen LogP contribution in [0.5, 0.6) is 0 Å². The van der Waals surface area contributed by atoms with Gasteiger partial charge in [-0.3, -0.25) is 0 Å². The van der Waals surface area contributed by atoms with Crippen molar-refractivity contribution in [1.29, 1.82) is 0 Å². The molecule has 1 aromatic heterocycles. The van der Waals surface area contributed by atoms with Gasteiger partial charge in [-0.1, -0.05) is 0 Å². The Kier molecular flexibility index (Phi) is 3.53. The monoisotopic (exact) mass is 229 g/mol. The lowest BCUT2D eigenvalue weighted by atomic mass is 9.94. The van der Waals surface area contributed by atoms with Gasteiger partial charge in [0, 0.05) is 12.1 Å². The molecule has 0 atom stereocenters. The summed E-state index contributed by atoms with van der Waals surface area (Å²) in [6.45, 7) is 3.69. The molecule has 90 valence electrons. The minimum Gasteiger partial charge on any atom is -0.346 e. The summed E-state index contributed by atoms with van der Waals surface area (Å²) in [5, 5.41) is 3.28. The van der Waals surface area contributed by atoms with Gasteiger partial charge in [0.1, 0.15) is 11.5 Å². The van der Waals surface area contributed by atoms with Crippen molar-refractivity contribution in [1.82, 2.24) is 15.3 Å². The smallest absolute Gasteiger partial charge is 0.282 e. The van der Waals surface area contributed by atoms with E-state index < -0.39 is 6.43 Å². The number of piperidine rings is 1. The maximum atomic E-state index is 12.5. The van der Waals surface area contributed by atoms with Crippen molar-refractivity contribution < 1.29 is 8.78 Å². The molecule has 0 aromatic carbocycles. The Morgan fingerprint density at radius 1 is 1.38 bits per heavy atom. The van der Waals surface area contributed by atoms with Crippen LogP contribution in [0.2, 0.25) is 0 Å². The molecule has 0 bridgehead atoms. The molecule has 1 aliphatic heterocycles. The van der Waals surface area contributed by atoms with Gasteiger partial charge in [-0.15, -0.1) is 0 Å². The van der Waals surface area contributed by atoms with E-state index in [-0.39, 0.29) is 5.69 Å². The highest BCUT2D eigenvalue weighted by Crippen LogP contribution is 2.22. The highest BCUT2D eigenvalue weighted by atomic mass is 19.3. The molecule has 1 aromatic rings. The maximum absolute atomic E-state index is 12.5. The molecule has 0 unspecified atom stereocenters. The maximum Gasteiger partial charge on any atom is 0.282 e. The molecule has 1 aliphatic rings. The number of aromatic amines is 1. The molecule has 0 amide bonds. The van der Waals surface area contributed by atoms with Gasteiger partial charge in [0.15, 0.2) is 0 Å². The molecule has 3 nitrogen and oxygen atoms in total. The first kappa shape index (κ1) is 11.5. The number of halogens is 2. The Bertz CT molecular complexity index is 343. The molecule has 0 spiro atoms. The fourth-order valence-corrected chi connectivity index (χ4v) is 2.21. The number of hydrogen-bond acceptors (Lipinski definition) is 2. The minimum atomic E-state index is -2.47. The first-order valence-corrected chi connectivity index (χ1v) is 5.71. The van der Waals surface area contributed by atoms with Gasteiger partial charge in [0.25, 0.3) is 6.43 Å². The van der Waals surface area contributed by atoms with Gasteiger partial charge >= 0.3 is 0 Å². The number of nitrogens with one attached hydrogen (secondary N) is 2. The van der Waals surface area contributed by atoms with E-state index >= 15 is 0 Å². The fraction of sp³-hybridized carbons (Fsp3) is 0.727. The van der Waals surface area contributed by atoms with Gasteiger partial charge in [-0.05, 0) is 38.8 Å². The number of nitrogens with zero attached hydrogens (tertiary/aromatic N) is 1. The average Bonchev–Trinajstić information content (AvgIpc) is 2.61. The third kappa shape index (κ3) is 2.58. The zero-order valence-corrected chi connectivity index (χ0v) is 9.39. The van der Waals surface area contributed by atoms with Crippen molar-refractivity contribution >= 4 is 0 Å². The van der Waals surface area contributed by atoms with Gasteiger partial charge < -0.3 is 10.3 Å². The number of imidazole rings is 1. The molecule has 2 rings (SSSR count). The van der Waals surface area contributed by atoms with Crippen LogP contribution in [-0.2, 0) is 6.42 Å². The van der Waals surface area contributed by atoms with Crippen LogP contribution in [0.15, 0.2) is 0 Å². The second-order valence-corrected chi connectivity index (χ2v) is 4.39. The van der Waals surface area contributed by atoms with Crippen LogP contribution < -0.4 is 5.32 Å². The third-order valence-electron chi connectivity index (χ3n) is 3.12. The van der Waals surface area contributed by atoms with E-state index in [1.165, 1.54) is 0 Å². The van der Waals surface area contributed by atoms with E-state index in [4.69, 9.17) is 0 Å². The molecule has 1 fully saturated rings. The van der Waals surface area contributed by atoms with E-state index in [0.29, 0.717) is 17.4 Å². The third-order valence-corrected chi connectivity index (χ3v) is 3.12. The molecule has 0 saturated carbocycles. The van der Waals surface area contributed by atoms with E-state index in [1.807, 2.05) is 0 Å². The van der Waals surface area contributed by atoms with Gasteiger partial charge in [0.05, 0.1) is 0 Å². The van der Waals surface area contributed by atoms with Crippen molar-refractivity contribution in [3.8, 4) is 0 Å². The molecule has 0 radical (unpaired) electrons. The molecule has 0 aliphatic carbocycles. The second-order valence-electron chi connectivity index (χ2n) is 4.39. The predicted octanol–water partition coefficient (Wildman–Crippen LogP) is 2.20. The highest BCUT2D eigenvalue weighted by molar-refractivity contribution is 5.14. The highest BCUT2D eigenvalue weighted by Gasteiger charge is 2.19. The SMILES string of the molecule is Cc1[nH]c(CC2CCNCC2)nc1C(F)F. The zero-order valence-electron chi connectivity index (χ0n) is 9.39. The Morgan fingerprint density at radius 3 is 2.62 bits per heavy atom. The van der Waals surface area contributed by atoms with Gasteiger partial charge in [-0.25, -0.2) is 13.8 Å². The van der Waals surface area contributed by atoms with Crippen LogP contribution in [0, 0.1) is 12.8 Å². The summed E-state index contributed by atoms with van der Waals surface area (Å²) in [7, 11) is 0. The number of hydrogen-bond donors (Lipinski definition) is 2. The van der Waals surface area contributed by atoms with Gasteiger partial charge in [-0.2, -0.15) is 0 Å². The van der Waals surface area contributed by atoms with E-state index in [9.17, 15) is 8.78 Å². The van der Waals surface area contributed by atoms with E-state index in [0.717, 1.165) is 32.4 Å². The Labute approximate surface area is 93.7 Å². The van der Waals surface area contributed by atoms with E-state index in [2.05, 4.69) is 15.3 Å². The van der Waals surface area contributed by atoms with Crippen LogP contribution >= 0.6 is 0 Å². The van der Waals surface area contributed by atoms with Crippen LogP contribution in [0.25, 0.3) is 0 Å². The van der Waals surface area contributed by atoms with Crippen LogP contribution in [-0.4, -0.2) is 23.1 Å². The zero-order chi connectivity index (χ0) is 11.5. The summed E-state index contributed by atoms with van der Waals surface area (Å²) in [4.78, 5) is 6.94. The normalized spacial score (nSPS) is 18.2. The molecule has 5 heteroatoms. The van der Waals surface area contributed by atoms with E-state index in [1.54, 1.807) is 6.92 Å². The molecular weight excluding hydrogens is 212 g/mol. The summed E-state index contributed by atoms with van der Waals surface area (Å²) in [6, 6.07) is 0. The molecule has 16 heavy (non-hydrogen) atoms. The standard InChI is InChI=1S/C11H17F2N3/c1-7-10(11(12)13)16-9(15-7)6-8-2-4-14-5-3-8/h8,11,14H,2-6H2,1H3,(H,15,16). The number of rotatable bonds is 3. The minimum absolute atomic E-state index is 0.0936. The fourth-order valence-electron chi connectivity index (χ4n) is 2.21. The number of alkyl halides is 2. The topological polar surface area (TPSA) is 40.7 Å². The van der Waals surface area contributed by atoms with Crippen molar-refractivity contribution in [2.45, 2.75) is 32.6 Å². The molecule has 2 N–H and O–H groups in total. The molecular formula is C11H17F2N3. The first-order chi connectivity index (χ1) is 7.66. The predicted molar refractivity (Wildman–Crippen MR) is 57.6 cm³/mol. The largest absolute Gasteiger partial charge is 0.346 e. The summed E-state index contributed by atoms with van der Waals surface area (Å²) in [6.07, 6.45) is 0.515. The summed E-state index contributed by atoms with van der Waals surface area (Å²) < 4.78 is 25.1. The lowest BCUT2D eigenvalue weighted by molar-refractivity contribution is 0.145. The molecule has 2 heterocycles. The van der Waals surface area contributed by atoms with Crippen molar-refractivity contribution in [2.75, 3.05) is 13.1 Å². The summed E-state index contributed by atoms with van der Waals surface area (Å²) in [5.41, 5.74) is 0.405. The van der Waals surface area contributed by atoms with Crippen molar-refractivity contribution in [2.24, 2.45) is 5.92 Å². The summed E-state index contributed by atoms with van der Waals surface area (Å²) in [5.74, 6) is 1.28. The first-order valence-electron chi connectivity index (χ1n) is 5.71. The van der Waals surface area contributed by atoms with Crippen molar-refractivity contribution in [3.63, 3.8) is 0 Å². The lowest BCUT2D eigenvalue weighted by Crippen LogP contribution is -2.28. The number of H-pyrrole nitrogens is 1. The quantitative estimate of drug-likeness (QED) is 0.834. The number of aromatic nitrogens is 2. The van der Waals surface area contributed by atoms with Crippen LogP contribution in [0.1, 0.15) is 36.5 Å². The number of aryl methyl sites for hydroxylation is 1. The Hall–Kier alpha value is -0.970. The van der Waals surface area contributed by atoms with Crippen molar-refractivity contribution in [3.05, 3.63) is 17.2 Å². The Morgan fingerprint density at radius 2 is 2.06 bits per heavy atom. The Balaban J connectivity index is 2.01. The van der Waals surface area contributed by atoms with Crippen LogP contribution in [0.4, 0.5) is 8.78 Å². The van der Waals surface area contributed by atoms with Gasteiger partial charge in [0.2, 0.25) is 0 Å².